The third-order valence-corrected chi connectivity index (χ3v) is 4.74. The summed E-state index contributed by atoms with van der Waals surface area (Å²) in [4.78, 5) is 14.8. The first-order chi connectivity index (χ1) is 10.8. The summed E-state index contributed by atoms with van der Waals surface area (Å²) in [5.41, 5.74) is 1.08. The predicted octanol–water partition coefficient (Wildman–Crippen LogP) is 2.89. The zero-order valence-corrected chi connectivity index (χ0v) is 13.5. The molecule has 1 fully saturated rings. The number of hydrogen-bond acceptors (Lipinski definition) is 6. The Morgan fingerprint density at radius 3 is 2.86 bits per heavy atom. The fourth-order valence-corrected chi connectivity index (χ4v) is 3.30. The molecule has 0 aromatic carbocycles. The van der Waals surface area contributed by atoms with E-state index in [2.05, 4.69) is 32.6 Å². The van der Waals surface area contributed by atoms with Gasteiger partial charge in [-0.05, 0) is 19.3 Å². The van der Waals surface area contributed by atoms with Gasteiger partial charge in [0.25, 0.3) is 0 Å². The first-order valence-corrected chi connectivity index (χ1v) is 8.59. The Morgan fingerprint density at radius 1 is 1.32 bits per heavy atom. The average Bonchev–Trinajstić information content (AvgIpc) is 3.20. The molecule has 1 saturated heterocycles. The number of nitrogens with zero attached hydrogens (tertiary/aromatic N) is 4. The third kappa shape index (κ3) is 3.52. The van der Waals surface area contributed by atoms with Crippen molar-refractivity contribution < 1.29 is 4.39 Å². The van der Waals surface area contributed by atoms with Crippen LogP contribution in [0.1, 0.15) is 30.5 Å². The molecule has 0 aliphatic carbocycles. The van der Waals surface area contributed by atoms with Crippen LogP contribution in [0.3, 0.4) is 0 Å². The van der Waals surface area contributed by atoms with E-state index in [9.17, 15) is 4.39 Å². The lowest BCUT2D eigenvalue weighted by Crippen LogP contribution is -2.21. The second kappa shape index (κ2) is 7.00. The van der Waals surface area contributed by atoms with Crippen molar-refractivity contribution in [2.75, 3.05) is 29.9 Å². The van der Waals surface area contributed by atoms with Gasteiger partial charge in [0.05, 0.1) is 16.9 Å². The SMILES string of the molecule is CCc1nc(CCNc2ncc(F)c(N3CCCC3)n2)cs1. The molecule has 3 rings (SSSR count). The molecule has 7 heteroatoms. The van der Waals surface area contributed by atoms with E-state index in [1.54, 1.807) is 11.3 Å². The van der Waals surface area contributed by atoms with Gasteiger partial charge in [-0.2, -0.15) is 4.98 Å². The van der Waals surface area contributed by atoms with Crippen molar-refractivity contribution in [1.82, 2.24) is 15.0 Å². The monoisotopic (exact) mass is 321 g/mol. The first-order valence-electron chi connectivity index (χ1n) is 7.71. The van der Waals surface area contributed by atoms with Gasteiger partial charge in [0, 0.05) is 31.4 Å². The number of thiazole rings is 1. The van der Waals surface area contributed by atoms with Crippen LogP contribution >= 0.6 is 11.3 Å². The molecular formula is C15H20FN5S. The highest BCUT2D eigenvalue weighted by Gasteiger charge is 2.18. The molecule has 118 valence electrons. The molecular weight excluding hydrogens is 301 g/mol. The largest absolute Gasteiger partial charge is 0.354 e. The van der Waals surface area contributed by atoms with Crippen LogP contribution in [0, 0.1) is 5.82 Å². The molecule has 0 radical (unpaired) electrons. The molecule has 5 nitrogen and oxygen atoms in total. The van der Waals surface area contributed by atoms with Crippen LogP contribution in [0.25, 0.3) is 0 Å². The Labute approximate surface area is 133 Å². The maximum atomic E-state index is 13.8. The molecule has 0 atom stereocenters. The van der Waals surface area contributed by atoms with Gasteiger partial charge in [0.2, 0.25) is 5.95 Å². The first kappa shape index (κ1) is 15.1. The highest BCUT2D eigenvalue weighted by molar-refractivity contribution is 7.09. The predicted molar refractivity (Wildman–Crippen MR) is 87.1 cm³/mol. The van der Waals surface area contributed by atoms with Crippen molar-refractivity contribution >= 4 is 23.1 Å². The minimum atomic E-state index is -0.348. The van der Waals surface area contributed by atoms with Gasteiger partial charge in [-0.15, -0.1) is 11.3 Å². The fourth-order valence-electron chi connectivity index (χ4n) is 2.52. The smallest absolute Gasteiger partial charge is 0.224 e. The third-order valence-electron chi connectivity index (χ3n) is 3.70. The fraction of sp³-hybridized carbons (Fsp3) is 0.533. The number of halogens is 1. The van der Waals surface area contributed by atoms with Gasteiger partial charge < -0.3 is 10.2 Å². The van der Waals surface area contributed by atoms with Crippen molar-refractivity contribution in [1.29, 1.82) is 0 Å². The van der Waals surface area contributed by atoms with Crippen LogP contribution in [0.15, 0.2) is 11.6 Å². The van der Waals surface area contributed by atoms with Gasteiger partial charge in [-0.3, -0.25) is 0 Å². The topological polar surface area (TPSA) is 53.9 Å². The summed E-state index contributed by atoms with van der Waals surface area (Å²) >= 11 is 1.69. The summed E-state index contributed by atoms with van der Waals surface area (Å²) in [7, 11) is 0. The average molecular weight is 321 g/mol. The van der Waals surface area contributed by atoms with E-state index in [0.717, 1.165) is 49.5 Å². The van der Waals surface area contributed by atoms with Crippen LogP contribution in [-0.4, -0.2) is 34.6 Å². The van der Waals surface area contributed by atoms with Crippen molar-refractivity contribution in [2.24, 2.45) is 0 Å². The minimum Gasteiger partial charge on any atom is -0.354 e. The number of aromatic nitrogens is 3. The second-order valence-electron chi connectivity index (χ2n) is 5.32. The minimum absolute atomic E-state index is 0.348. The summed E-state index contributed by atoms with van der Waals surface area (Å²) in [6.45, 7) is 4.53. The highest BCUT2D eigenvalue weighted by atomic mass is 32.1. The van der Waals surface area contributed by atoms with Gasteiger partial charge in [-0.25, -0.2) is 14.4 Å². The van der Waals surface area contributed by atoms with Crippen LogP contribution < -0.4 is 10.2 Å². The number of anilines is 2. The van der Waals surface area contributed by atoms with Crippen molar-refractivity contribution in [3.8, 4) is 0 Å². The van der Waals surface area contributed by atoms with Gasteiger partial charge >= 0.3 is 0 Å². The van der Waals surface area contributed by atoms with Crippen molar-refractivity contribution in [2.45, 2.75) is 32.6 Å². The lowest BCUT2D eigenvalue weighted by Gasteiger charge is -2.17. The quantitative estimate of drug-likeness (QED) is 0.886. The maximum Gasteiger partial charge on any atom is 0.224 e. The van der Waals surface area contributed by atoms with E-state index >= 15 is 0 Å². The van der Waals surface area contributed by atoms with E-state index in [4.69, 9.17) is 0 Å². The van der Waals surface area contributed by atoms with E-state index in [-0.39, 0.29) is 5.82 Å². The highest BCUT2D eigenvalue weighted by Crippen LogP contribution is 2.21. The number of nitrogens with one attached hydrogen (secondary N) is 1. The molecule has 3 heterocycles. The van der Waals surface area contributed by atoms with Crippen LogP contribution in [0.4, 0.5) is 16.2 Å². The molecule has 2 aromatic rings. The van der Waals surface area contributed by atoms with E-state index in [1.165, 1.54) is 6.20 Å². The Hall–Kier alpha value is -1.76. The summed E-state index contributed by atoms with van der Waals surface area (Å²) in [5, 5.41) is 6.40. The van der Waals surface area contributed by atoms with Gasteiger partial charge in [0.15, 0.2) is 11.6 Å². The van der Waals surface area contributed by atoms with Crippen LogP contribution in [-0.2, 0) is 12.8 Å². The molecule has 2 aromatic heterocycles. The summed E-state index contributed by atoms with van der Waals surface area (Å²) in [6.07, 6.45) is 5.22. The Kier molecular flexibility index (Phi) is 4.82. The molecule has 1 N–H and O–H groups in total. The van der Waals surface area contributed by atoms with Crippen LogP contribution in [0.5, 0.6) is 0 Å². The molecule has 0 amide bonds. The Morgan fingerprint density at radius 2 is 2.14 bits per heavy atom. The van der Waals surface area contributed by atoms with E-state index in [0.29, 0.717) is 18.3 Å². The lowest BCUT2D eigenvalue weighted by molar-refractivity contribution is 0.608. The standard InChI is InChI=1S/C15H20FN5S/c1-2-13-19-11(10-22-13)5-6-17-15-18-9-12(16)14(20-15)21-7-3-4-8-21/h9-10H,2-8H2,1H3,(H,17,18,20). The molecule has 1 aliphatic rings. The normalized spacial score (nSPS) is 14.5. The van der Waals surface area contributed by atoms with Gasteiger partial charge in [0.1, 0.15) is 0 Å². The zero-order chi connectivity index (χ0) is 15.4. The zero-order valence-electron chi connectivity index (χ0n) is 12.7. The molecule has 0 unspecified atom stereocenters. The molecule has 0 saturated carbocycles. The Bertz CT molecular complexity index is 624. The summed E-state index contributed by atoms with van der Waals surface area (Å²) < 4.78 is 13.8. The van der Waals surface area contributed by atoms with Gasteiger partial charge in [-0.1, -0.05) is 6.92 Å². The molecule has 1 aliphatic heterocycles. The lowest BCUT2D eigenvalue weighted by atomic mass is 10.3. The molecule has 0 spiro atoms. The number of rotatable bonds is 6. The van der Waals surface area contributed by atoms with Crippen LogP contribution in [0.2, 0.25) is 0 Å². The Balaban J connectivity index is 1.59. The number of aryl methyl sites for hydroxylation is 1. The van der Waals surface area contributed by atoms with Crippen molar-refractivity contribution in [3.05, 3.63) is 28.1 Å². The maximum absolute atomic E-state index is 13.8. The number of hydrogen-bond donors (Lipinski definition) is 1. The summed E-state index contributed by atoms with van der Waals surface area (Å²) in [5.74, 6) is 0.547. The molecule has 0 bridgehead atoms. The van der Waals surface area contributed by atoms with E-state index < -0.39 is 0 Å². The molecule has 22 heavy (non-hydrogen) atoms. The summed E-state index contributed by atoms with van der Waals surface area (Å²) in [6, 6.07) is 0. The van der Waals surface area contributed by atoms with Crippen molar-refractivity contribution in [3.63, 3.8) is 0 Å². The van der Waals surface area contributed by atoms with E-state index in [1.807, 2.05) is 4.90 Å². The second-order valence-corrected chi connectivity index (χ2v) is 6.26.